The van der Waals surface area contributed by atoms with E-state index >= 15 is 8.78 Å². The molecule has 1 aromatic carbocycles. The first-order valence-corrected chi connectivity index (χ1v) is 13.7. The lowest BCUT2D eigenvalue weighted by Gasteiger charge is -2.65. The van der Waals surface area contributed by atoms with E-state index in [1.165, 1.54) is 5.57 Å². The predicted molar refractivity (Wildman–Crippen MR) is 136 cm³/mol. The van der Waals surface area contributed by atoms with Gasteiger partial charge in [-0.15, -0.1) is 0 Å². The van der Waals surface area contributed by atoms with Gasteiger partial charge in [-0.1, -0.05) is 19.1 Å². The van der Waals surface area contributed by atoms with E-state index in [4.69, 9.17) is 4.74 Å². The van der Waals surface area contributed by atoms with Crippen LogP contribution in [-0.2, 0) is 4.74 Å². The van der Waals surface area contributed by atoms with Crippen molar-refractivity contribution in [2.75, 3.05) is 14.1 Å². The van der Waals surface area contributed by atoms with Crippen molar-refractivity contribution in [2.24, 2.45) is 11.3 Å². The summed E-state index contributed by atoms with van der Waals surface area (Å²) in [5.74, 6) is -0.124. The van der Waals surface area contributed by atoms with Crippen LogP contribution < -0.4 is 0 Å². The number of alkyl halides is 2. The summed E-state index contributed by atoms with van der Waals surface area (Å²) in [6.07, 6.45) is 1.31. The summed E-state index contributed by atoms with van der Waals surface area (Å²) in [6.45, 7) is 4.24. The topological polar surface area (TPSA) is 81.6 Å². The maximum atomic E-state index is 17.2. The summed E-state index contributed by atoms with van der Waals surface area (Å²) in [6, 6.07) is 5.84. The normalized spacial score (nSPS) is 48.6. The number of aliphatic hydroxyl groups excluding tert-OH is 2. The quantitative estimate of drug-likeness (QED) is 0.560. The molecule has 0 amide bonds. The van der Waals surface area contributed by atoms with E-state index < -0.39 is 47.2 Å². The second-order valence-corrected chi connectivity index (χ2v) is 13.1. The average Bonchev–Trinajstić information content (AvgIpc) is 3.52. The van der Waals surface area contributed by atoms with E-state index in [1.54, 1.807) is 0 Å². The van der Waals surface area contributed by atoms with Gasteiger partial charge in [0.05, 0.1) is 11.6 Å². The van der Waals surface area contributed by atoms with Gasteiger partial charge in [-0.3, -0.25) is 5.10 Å². The Labute approximate surface area is 216 Å². The van der Waals surface area contributed by atoms with Crippen LogP contribution in [0.4, 0.5) is 8.78 Å². The highest BCUT2D eigenvalue weighted by atomic mass is 19.2. The van der Waals surface area contributed by atoms with Gasteiger partial charge in [0.25, 0.3) is 0 Å². The summed E-state index contributed by atoms with van der Waals surface area (Å²) < 4.78 is 41.0. The van der Waals surface area contributed by atoms with Gasteiger partial charge in [-0.05, 0) is 88.2 Å². The van der Waals surface area contributed by atoms with Gasteiger partial charge in [0.1, 0.15) is 23.0 Å². The molecule has 3 aliphatic carbocycles. The molecule has 0 radical (unpaired) electrons. The van der Waals surface area contributed by atoms with E-state index in [0.717, 1.165) is 22.2 Å². The molecule has 3 N–H and O–H groups in total. The number of nitrogens with zero attached hydrogens (tertiary/aromatic N) is 2. The molecule has 9 atom stereocenters. The Morgan fingerprint density at radius 2 is 1.92 bits per heavy atom. The first kappa shape index (κ1) is 24.2. The molecule has 2 saturated heterocycles. The molecule has 7 rings (SSSR count). The van der Waals surface area contributed by atoms with Crippen LogP contribution in [0.15, 0.2) is 24.3 Å². The van der Waals surface area contributed by atoms with Crippen molar-refractivity contribution in [3.63, 3.8) is 0 Å². The third-order valence-corrected chi connectivity index (χ3v) is 11.3. The average molecular weight is 514 g/mol. The number of hydrogen-bond acceptors (Lipinski definition) is 5. The Morgan fingerprint density at radius 3 is 2.68 bits per heavy atom. The number of allylic oxidation sites excluding steroid dienone is 2. The highest BCUT2D eigenvalue weighted by Gasteiger charge is 2.82. The Morgan fingerprint density at radius 1 is 1.14 bits per heavy atom. The fraction of sp³-hybridized carbons (Fsp3) is 0.690. The zero-order chi connectivity index (χ0) is 26.2. The number of nitrogens with one attached hydrogen (secondary N) is 1. The monoisotopic (exact) mass is 513 g/mol. The number of H-pyrrole nitrogens is 1. The number of ether oxygens (including phenoxy) is 1. The molecule has 6 nitrogen and oxygen atoms in total. The fourth-order valence-electron chi connectivity index (χ4n) is 9.28. The van der Waals surface area contributed by atoms with Crippen LogP contribution in [0.25, 0.3) is 16.5 Å². The van der Waals surface area contributed by atoms with Crippen LogP contribution in [0, 0.1) is 18.3 Å². The van der Waals surface area contributed by atoms with Gasteiger partial charge >= 0.3 is 0 Å². The zero-order valence-corrected chi connectivity index (χ0v) is 22.0. The van der Waals surface area contributed by atoms with Crippen LogP contribution in [0.5, 0.6) is 0 Å². The second kappa shape index (κ2) is 7.20. The van der Waals surface area contributed by atoms with Crippen molar-refractivity contribution in [3.8, 4) is 0 Å². The minimum absolute atomic E-state index is 0.124. The van der Waals surface area contributed by atoms with Crippen molar-refractivity contribution in [2.45, 2.75) is 99.6 Å². The number of rotatable bonds is 2. The largest absolute Gasteiger partial charge is 0.389 e. The Balaban J connectivity index is 1.30. The van der Waals surface area contributed by atoms with Gasteiger partial charge in [-0.25, -0.2) is 8.78 Å². The van der Waals surface area contributed by atoms with Gasteiger partial charge in [0.2, 0.25) is 0 Å². The molecule has 200 valence electrons. The van der Waals surface area contributed by atoms with Gasteiger partial charge in [-0.2, -0.15) is 5.10 Å². The third kappa shape index (κ3) is 2.70. The molecule has 2 aromatic rings. The molecule has 2 aliphatic heterocycles. The van der Waals surface area contributed by atoms with E-state index in [-0.39, 0.29) is 24.2 Å². The highest BCUT2D eigenvalue weighted by molar-refractivity contribution is 5.87. The van der Waals surface area contributed by atoms with Crippen molar-refractivity contribution >= 4 is 16.5 Å². The lowest BCUT2D eigenvalue weighted by atomic mass is 9.51. The number of halogens is 2. The van der Waals surface area contributed by atoms with Gasteiger partial charge in [0.15, 0.2) is 5.67 Å². The molecular formula is C29H37F2N3O3. The Kier molecular flexibility index (Phi) is 4.71. The molecule has 5 aliphatic rings. The number of aryl methyl sites for hydroxylation is 1. The number of benzene rings is 1. The first-order valence-electron chi connectivity index (χ1n) is 13.7. The molecule has 8 heteroatoms. The Hall–Kier alpha value is -1.87. The summed E-state index contributed by atoms with van der Waals surface area (Å²) in [7, 11) is 3.64. The molecular weight excluding hydrogens is 476 g/mol. The minimum Gasteiger partial charge on any atom is -0.389 e. The van der Waals surface area contributed by atoms with Crippen molar-refractivity contribution in [1.82, 2.24) is 15.1 Å². The number of aromatic amines is 1. The van der Waals surface area contributed by atoms with Gasteiger partial charge < -0.3 is 19.8 Å². The Bertz CT molecular complexity index is 1330. The number of aromatic nitrogens is 2. The summed E-state index contributed by atoms with van der Waals surface area (Å²) >= 11 is 0. The maximum Gasteiger partial charge on any atom is 0.171 e. The standard InChI is InChI=1S/C29H37F2N3O3/c1-16-18-13-17(5-7-20(18)33-32-16)19-6-8-22-25(19,2)9-10-26(30)15-28(31)24(36)23(35)21(34(3)4)14-27(28)11-12-29(22,26)37-27/h5-7,13,21-24,35-36H,8-12,14-15H2,1-4H3,(H,32,33). The van der Waals surface area contributed by atoms with E-state index in [2.05, 4.69) is 35.3 Å². The molecule has 37 heavy (non-hydrogen) atoms. The van der Waals surface area contributed by atoms with Crippen LogP contribution >= 0.6 is 0 Å². The molecule has 2 spiro atoms. The molecule has 4 fully saturated rings. The van der Waals surface area contributed by atoms with Crippen molar-refractivity contribution in [1.29, 1.82) is 0 Å². The number of likely N-dealkylation sites (N-methyl/N-ethyl adjacent to an activating group) is 1. The second-order valence-electron chi connectivity index (χ2n) is 13.1. The predicted octanol–water partition coefficient (Wildman–Crippen LogP) is 4.24. The lowest BCUT2D eigenvalue weighted by molar-refractivity contribution is -0.347. The van der Waals surface area contributed by atoms with Crippen LogP contribution in [-0.4, -0.2) is 80.2 Å². The first-order chi connectivity index (χ1) is 17.4. The zero-order valence-electron chi connectivity index (χ0n) is 22.0. The number of fused-ring (bicyclic) bond motifs is 2. The van der Waals surface area contributed by atoms with Crippen LogP contribution in [0.3, 0.4) is 0 Å². The molecule has 3 heterocycles. The number of hydrogen-bond donors (Lipinski definition) is 3. The van der Waals surface area contributed by atoms with Crippen LogP contribution in [0.2, 0.25) is 0 Å². The van der Waals surface area contributed by atoms with Crippen molar-refractivity contribution in [3.05, 3.63) is 35.5 Å². The maximum absolute atomic E-state index is 17.2. The fourth-order valence-corrected chi connectivity index (χ4v) is 9.28. The number of aliphatic hydroxyl groups is 2. The third-order valence-electron chi connectivity index (χ3n) is 11.3. The molecule has 1 aromatic heterocycles. The summed E-state index contributed by atoms with van der Waals surface area (Å²) in [5, 5.41) is 30.4. The molecule has 9 unspecified atom stereocenters. The van der Waals surface area contributed by atoms with E-state index in [9.17, 15) is 10.2 Å². The van der Waals surface area contributed by atoms with Gasteiger partial charge in [0, 0.05) is 29.5 Å². The van der Waals surface area contributed by atoms with E-state index in [0.29, 0.717) is 25.7 Å². The van der Waals surface area contributed by atoms with Crippen LogP contribution in [0.1, 0.15) is 63.1 Å². The molecule has 2 saturated carbocycles. The minimum atomic E-state index is -2.32. The van der Waals surface area contributed by atoms with Crippen molar-refractivity contribution < 1.29 is 23.7 Å². The molecule has 2 bridgehead atoms. The summed E-state index contributed by atoms with van der Waals surface area (Å²) in [4.78, 5) is 1.82. The highest BCUT2D eigenvalue weighted by Crippen LogP contribution is 2.74. The smallest absolute Gasteiger partial charge is 0.171 e. The van der Waals surface area contributed by atoms with E-state index in [1.807, 2.05) is 32.0 Å². The summed E-state index contributed by atoms with van der Waals surface area (Å²) in [5.41, 5.74) is -2.66. The SMILES string of the molecule is Cc1[nH]nc2ccc(C3=CCC4C3(C)CCC3(F)CC5(F)C(O)C(O)C(N(C)C)CC56CCC43O6)cc12. The lowest BCUT2D eigenvalue weighted by Crippen LogP contribution is -2.78.